The molecule has 0 saturated heterocycles. The molecule has 2 bridgehead atoms. The van der Waals surface area contributed by atoms with Crippen LogP contribution in [0.4, 0.5) is 0 Å². The van der Waals surface area contributed by atoms with Crippen molar-refractivity contribution in [2.75, 3.05) is 0 Å². The van der Waals surface area contributed by atoms with E-state index in [4.69, 9.17) is 0 Å². The van der Waals surface area contributed by atoms with Crippen LogP contribution in [0.5, 0.6) is 0 Å². The van der Waals surface area contributed by atoms with Crippen molar-refractivity contribution in [2.24, 2.45) is 11.8 Å². The summed E-state index contributed by atoms with van der Waals surface area (Å²) in [7, 11) is 0. The van der Waals surface area contributed by atoms with E-state index < -0.39 is 0 Å². The molecule has 104 valence electrons. The van der Waals surface area contributed by atoms with Crippen molar-refractivity contribution in [3.63, 3.8) is 0 Å². The van der Waals surface area contributed by atoms with Gasteiger partial charge in [-0.1, -0.05) is 6.42 Å². The van der Waals surface area contributed by atoms with Crippen LogP contribution in [-0.2, 0) is 6.54 Å². The van der Waals surface area contributed by atoms with E-state index in [1.165, 1.54) is 31.2 Å². The summed E-state index contributed by atoms with van der Waals surface area (Å²) in [6.45, 7) is 0.897. The van der Waals surface area contributed by atoms with Crippen molar-refractivity contribution >= 4 is 0 Å². The molecule has 2 aromatic rings. The molecule has 2 saturated carbocycles. The third-order valence-electron chi connectivity index (χ3n) is 4.96. The van der Waals surface area contributed by atoms with E-state index in [2.05, 4.69) is 26.6 Å². The van der Waals surface area contributed by atoms with Gasteiger partial charge in [-0.05, 0) is 43.2 Å². The van der Waals surface area contributed by atoms with Gasteiger partial charge < -0.3 is 5.32 Å². The second-order valence-corrected chi connectivity index (χ2v) is 6.17. The Morgan fingerprint density at radius 3 is 3.00 bits per heavy atom. The molecule has 3 atom stereocenters. The van der Waals surface area contributed by atoms with Crippen LogP contribution in [0.15, 0.2) is 30.7 Å². The van der Waals surface area contributed by atoms with Crippen LogP contribution in [0.25, 0.3) is 11.3 Å². The number of aromatic amines is 1. The summed E-state index contributed by atoms with van der Waals surface area (Å²) in [5.41, 5.74) is 3.43. The summed E-state index contributed by atoms with van der Waals surface area (Å²) < 4.78 is 0. The maximum absolute atomic E-state index is 4.20. The first-order valence-electron chi connectivity index (χ1n) is 7.56. The van der Waals surface area contributed by atoms with Gasteiger partial charge in [-0.15, -0.1) is 0 Å². The van der Waals surface area contributed by atoms with Crippen LogP contribution in [0.2, 0.25) is 0 Å². The Bertz CT molecular complexity index is 577. The third-order valence-corrected chi connectivity index (χ3v) is 4.96. The molecular weight excluding hydrogens is 248 g/mol. The number of hydrogen-bond donors (Lipinski definition) is 2. The van der Waals surface area contributed by atoms with Crippen LogP contribution < -0.4 is 5.32 Å². The summed E-state index contributed by atoms with van der Waals surface area (Å²) in [5.74, 6) is 1.90. The van der Waals surface area contributed by atoms with Gasteiger partial charge in [0.15, 0.2) is 0 Å². The summed E-state index contributed by atoms with van der Waals surface area (Å²) in [4.78, 5) is 4.18. The first-order chi connectivity index (χ1) is 9.90. The van der Waals surface area contributed by atoms with Crippen LogP contribution in [0.1, 0.15) is 31.2 Å². The quantitative estimate of drug-likeness (QED) is 0.896. The largest absolute Gasteiger partial charge is 0.309 e. The zero-order chi connectivity index (χ0) is 13.4. The molecule has 2 heterocycles. The standard InChI is InChI=1S/C16H20N4/c1-2-13(8-17-5-1)16-14(10-19-20-16)9-18-15-7-11-3-4-12(15)6-11/h1-2,5,8,10-12,15,18H,3-4,6-7,9H2,(H,19,20). The smallest absolute Gasteiger partial charge is 0.0710 e. The SMILES string of the molecule is c1cncc(-c2[nH]ncc2CNC2CC3CCC2C3)c1. The van der Waals surface area contributed by atoms with Gasteiger partial charge in [0.2, 0.25) is 0 Å². The van der Waals surface area contributed by atoms with E-state index in [0.29, 0.717) is 6.04 Å². The second-order valence-electron chi connectivity index (χ2n) is 6.17. The monoisotopic (exact) mass is 268 g/mol. The molecule has 2 fully saturated rings. The van der Waals surface area contributed by atoms with E-state index in [1.54, 1.807) is 6.20 Å². The molecule has 4 heteroatoms. The highest BCUT2D eigenvalue weighted by atomic mass is 15.1. The van der Waals surface area contributed by atoms with Crippen LogP contribution in [-0.4, -0.2) is 21.2 Å². The normalized spacial score (nSPS) is 28.1. The third kappa shape index (κ3) is 2.14. The zero-order valence-corrected chi connectivity index (χ0v) is 11.5. The minimum atomic E-state index is 0.713. The van der Waals surface area contributed by atoms with E-state index in [-0.39, 0.29) is 0 Å². The van der Waals surface area contributed by atoms with Crippen LogP contribution in [0, 0.1) is 11.8 Å². The predicted octanol–water partition coefficient (Wildman–Crippen LogP) is 2.75. The Morgan fingerprint density at radius 2 is 2.25 bits per heavy atom. The highest BCUT2D eigenvalue weighted by molar-refractivity contribution is 5.61. The second kappa shape index (κ2) is 5.02. The molecule has 3 unspecified atom stereocenters. The molecule has 2 N–H and O–H groups in total. The average molecular weight is 268 g/mol. The van der Waals surface area contributed by atoms with E-state index in [9.17, 15) is 0 Å². The molecule has 0 aliphatic heterocycles. The van der Waals surface area contributed by atoms with Gasteiger partial charge in [0, 0.05) is 36.1 Å². The maximum atomic E-state index is 4.20. The fraction of sp³-hybridized carbons (Fsp3) is 0.500. The van der Waals surface area contributed by atoms with E-state index in [1.807, 2.05) is 18.5 Å². The Hall–Kier alpha value is -1.68. The number of aromatic nitrogens is 3. The lowest BCUT2D eigenvalue weighted by Crippen LogP contribution is -2.33. The number of pyridine rings is 1. The molecule has 4 nitrogen and oxygen atoms in total. The maximum Gasteiger partial charge on any atom is 0.0710 e. The molecule has 2 aliphatic rings. The molecule has 0 radical (unpaired) electrons. The Balaban J connectivity index is 1.46. The van der Waals surface area contributed by atoms with Gasteiger partial charge in [0.25, 0.3) is 0 Å². The Kier molecular flexibility index (Phi) is 3.03. The average Bonchev–Trinajstić information content (AvgIpc) is 3.22. The summed E-state index contributed by atoms with van der Waals surface area (Å²) in [6, 6.07) is 4.75. The molecular formula is C16H20N4. The van der Waals surface area contributed by atoms with Gasteiger partial charge in [0.1, 0.15) is 0 Å². The van der Waals surface area contributed by atoms with Crippen molar-refractivity contribution in [1.82, 2.24) is 20.5 Å². The topological polar surface area (TPSA) is 53.6 Å². The fourth-order valence-electron chi connectivity index (χ4n) is 3.94. The van der Waals surface area contributed by atoms with Crippen molar-refractivity contribution < 1.29 is 0 Å². The molecule has 0 aromatic carbocycles. The first-order valence-corrected chi connectivity index (χ1v) is 7.56. The molecule has 4 rings (SSSR count). The number of hydrogen-bond acceptors (Lipinski definition) is 3. The lowest BCUT2D eigenvalue weighted by atomic mass is 9.95. The zero-order valence-electron chi connectivity index (χ0n) is 11.5. The van der Waals surface area contributed by atoms with Crippen molar-refractivity contribution in [2.45, 2.75) is 38.3 Å². The molecule has 20 heavy (non-hydrogen) atoms. The van der Waals surface area contributed by atoms with Crippen LogP contribution in [0.3, 0.4) is 0 Å². The van der Waals surface area contributed by atoms with Gasteiger partial charge in [-0.25, -0.2) is 0 Å². The molecule has 2 aliphatic carbocycles. The predicted molar refractivity (Wildman–Crippen MR) is 77.9 cm³/mol. The summed E-state index contributed by atoms with van der Waals surface area (Å²) in [6.07, 6.45) is 11.3. The highest BCUT2D eigenvalue weighted by Gasteiger charge is 2.39. The van der Waals surface area contributed by atoms with E-state index >= 15 is 0 Å². The molecule has 0 spiro atoms. The number of nitrogens with zero attached hydrogens (tertiary/aromatic N) is 2. The highest BCUT2D eigenvalue weighted by Crippen LogP contribution is 2.44. The van der Waals surface area contributed by atoms with Gasteiger partial charge in [0.05, 0.1) is 11.9 Å². The number of rotatable bonds is 4. The van der Waals surface area contributed by atoms with E-state index in [0.717, 1.165) is 29.6 Å². The Labute approximate surface area is 119 Å². The summed E-state index contributed by atoms with van der Waals surface area (Å²) >= 11 is 0. The molecule has 2 aromatic heterocycles. The van der Waals surface area contributed by atoms with Gasteiger partial charge in [-0.2, -0.15) is 5.10 Å². The first kappa shape index (κ1) is 12.1. The minimum absolute atomic E-state index is 0.713. The van der Waals surface area contributed by atoms with Crippen LogP contribution >= 0.6 is 0 Å². The lowest BCUT2D eigenvalue weighted by Gasteiger charge is -2.22. The van der Waals surface area contributed by atoms with Crippen molar-refractivity contribution in [3.05, 3.63) is 36.3 Å². The Morgan fingerprint density at radius 1 is 1.25 bits per heavy atom. The number of fused-ring (bicyclic) bond motifs is 2. The minimum Gasteiger partial charge on any atom is -0.309 e. The molecule has 0 amide bonds. The lowest BCUT2D eigenvalue weighted by molar-refractivity contribution is 0.351. The van der Waals surface area contributed by atoms with Gasteiger partial charge in [-0.3, -0.25) is 10.1 Å². The van der Waals surface area contributed by atoms with Crippen molar-refractivity contribution in [3.8, 4) is 11.3 Å². The number of H-pyrrole nitrogens is 1. The number of nitrogens with one attached hydrogen (secondary N) is 2. The summed E-state index contributed by atoms with van der Waals surface area (Å²) in [5, 5.41) is 11.0. The van der Waals surface area contributed by atoms with Gasteiger partial charge >= 0.3 is 0 Å². The fourth-order valence-corrected chi connectivity index (χ4v) is 3.94. The van der Waals surface area contributed by atoms with Crippen molar-refractivity contribution in [1.29, 1.82) is 0 Å².